The van der Waals surface area contributed by atoms with E-state index in [2.05, 4.69) is 18.8 Å². The van der Waals surface area contributed by atoms with Crippen LogP contribution in [0.3, 0.4) is 0 Å². The molecule has 0 radical (unpaired) electrons. The molecule has 0 aliphatic heterocycles. The number of aromatic nitrogens is 1. The maximum Gasteiger partial charge on any atom is 0.311 e. The second-order valence-electron chi connectivity index (χ2n) is 4.50. The summed E-state index contributed by atoms with van der Waals surface area (Å²) in [6, 6.07) is 0. The number of carbonyl (C=O) groups excluding carboxylic acids is 1. The van der Waals surface area contributed by atoms with Crippen LogP contribution < -0.4 is 0 Å². The molecular formula is C12H19NO2S2. The van der Waals surface area contributed by atoms with Crippen LogP contribution in [-0.2, 0) is 16.0 Å². The number of hydrogen-bond acceptors (Lipinski definition) is 4. The molecule has 1 aromatic rings. The zero-order chi connectivity index (χ0) is 12.8. The molecule has 1 heterocycles. The number of thiazole rings is 1. The van der Waals surface area contributed by atoms with E-state index in [-0.39, 0.29) is 5.97 Å². The molecule has 0 saturated heterocycles. The summed E-state index contributed by atoms with van der Waals surface area (Å²) >= 11 is 6.46. The van der Waals surface area contributed by atoms with Crippen LogP contribution in [-0.4, -0.2) is 17.6 Å². The summed E-state index contributed by atoms with van der Waals surface area (Å²) in [5.41, 5.74) is 0.971. The van der Waals surface area contributed by atoms with Gasteiger partial charge in [0.2, 0.25) is 0 Å². The molecule has 3 nitrogen and oxygen atoms in total. The summed E-state index contributed by atoms with van der Waals surface area (Å²) in [7, 11) is 0. The Morgan fingerprint density at radius 2 is 2.24 bits per heavy atom. The normalized spacial score (nSPS) is 10.8. The highest BCUT2D eigenvalue weighted by atomic mass is 32.1. The molecular weight excluding hydrogens is 254 g/mol. The minimum atomic E-state index is -0.165. The third kappa shape index (κ3) is 5.46. The number of aromatic amines is 1. The molecule has 1 rings (SSSR count). The van der Waals surface area contributed by atoms with E-state index in [1.54, 1.807) is 0 Å². The minimum Gasteiger partial charge on any atom is -0.465 e. The van der Waals surface area contributed by atoms with E-state index in [0.717, 1.165) is 23.4 Å². The van der Waals surface area contributed by atoms with Gasteiger partial charge in [0, 0.05) is 10.6 Å². The van der Waals surface area contributed by atoms with Crippen LogP contribution in [0, 0.1) is 16.8 Å². The summed E-state index contributed by atoms with van der Waals surface area (Å²) in [5.74, 6) is 0.493. The average molecular weight is 273 g/mol. The summed E-state index contributed by atoms with van der Waals surface area (Å²) in [5, 5.41) is 0. The van der Waals surface area contributed by atoms with Crippen molar-refractivity contribution >= 4 is 29.5 Å². The summed E-state index contributed by atoms with van der Waals surface area (Å²) < 4.78 is 5.89. The molecule has 96 valence electrons. The van der Waals surface area contributed by atoms with Gasteiger partial charge in [-0.2, -0.15) is 0 Å². The number of carbonyl (C=O) groups is 1. The third-order valence-corrected chi connectivity index (χ3v) is 3.75. The number of hydrogen-bond donors (Lipinski definition) is 1. The van der Waals surface area contributed by atoms with Crippen LogP contribution in [0.15, 0.2) is 0 Å². The van der Waals surface area contributed by atoms with E-state index in [0.29, 0.717) is 22.9 Å². The lowest BCUT2D eigenvalue weighted by Gasteiger charge is -2.06. The Hall–Kier alpha value is -0.680. The standard InChI is InChI=1S/C12H19NO2S2/c1-8(2)5-4-6-15-11(14)7-10-9(3)13-12(16)17-10/h8H,4-7H2,1-3H3,(H,13,16). The topological polar surface area (TPSA) is 42.1 Å². The van der Waals surface area contributed by atoms with Crippen LogP contribution in [0.25, 0.3) is 0 Å². The van der Waals surface area contributed by atoms with Gasteiger partial charge in [-0.3, -0.25) is 4.79 Å². The van der Waals surface area contributed by atoms with Gasteiger partial charge in [0.1, 0.15) is 0 Å². The second kappa shape index (κ2) is 6.91. The maximum absolute atomic E-state index is 11.6. The van der Waals surface area contributed by atoms with E-state index < -0.39 is 0 Å². The van der Waals surface area contributed by atoms with Gasteiger partial charge < -0.3 is 9.72 Å². The van der Waals surface area contributed by atoms with Crippen LogP contribution in [0.5, 0.6) is 0 Å². The van der Waals surface area contributed by atoms with Crippen LogP contribution >= 0.6 is 23.6 Å². The molecule has 1 N–H and O–H groups in total. The molecule has 5 heteroatoms. The molecule has 0 aromatic carbocycles. The Labute approximate surface area is 111 Å². The molecule has 0 spiro atoms. The summed E-state index contributed by atoms with van der Waals surface area (Å²) in [6.07, 6.45) is 2.35. The fraction of sp³-hybridized carbons (Fsp3) is 0.667. The molecule has 0 saturated carbocycles. The number of aryl methyl sites for hydroxylation is 1. The van der Waals surface area contributed by atoms with Crippen molar-refractivity contribution in [1.29, 1.82) is 0 Å². The highest BCUT2D eigenvalue weighted by molar-refractivity contribution is 7.73. The Kier molecular flexibility index (Phi) is 5.85. The van der Waals surface area contributed by atoms with Crippen molar-refractivity contribution < 1.29 is 9.53 Å². The Bertz CT molecular complexity index is 420. The Morgan fingerprint density at radius 3 is 2.76 bits per heavy atom. The number of rotatable bonds is 6. The monoisotopic (exact) mass is 273 g/mol. The van der Waals surface area contributed by atoms with Gasteiger partial charge in [-0.05, 0) is 37.9 Å². The smallest absolute Gasteiger partial charge is 0.311 e. The SMILES string of the molecule is Cc1[nH]c(=S)sc1CC(=O)OCCCC(C)C. The van der Waals surface area contributed by atoms with Crippen molar-refractivity contribution in [3.8, 4) is 0 Å². The van der Waals surface area contributed by atoms with Crippen molar-refractivity contribution in [2.45, 2.75) is 40.0 Å². The van der Waals surface area contributed by atoms with Gasteiger partial charge in [-0.15, -0.1) is 11.3 Å². The predicted octanol–water partition coefficient (Wildman–Crippen LogP) is 3.64. The first kappa shape index (κ1) is 14.4. The lowest BCUT2D eigenvalue weighted by atomic mass is 10.1. The van der Waals surface area contributed by atoms with Crippen molar-refractivity contribution in [2.24, 2.45) is 5.92 Å². The highest BCUT2D eigenvalue weighted by Gasteiger charge is 2.09. The van der Waals surface area contributed by atoms with Gasteiger partial charge in [-0.1, -0.05) is 13.8 Å². The molecule has 0 bridgehead atoms. The van der Waals surface area contributed by atoms with Crippen molar-refractivity contribution in [3.63, 3.8) is 0 Å². The van der Waals surface area contributed by atoms with Crippen LogP contribution in [0.2, 0.25) is 0 Å². The fourth-order valence-electron chi connectivity index (χ4n) is 1.47. The highest BCUT2D eigenvalue weighted by Crippen LogP contribution is 2.15. The lowest BCUT2D eigenvalue weighted by molar-refractivity contribution is -0.142. The van der Waals surface area contributed by atoms with Crippen LogP contribution in [0.1, 0.15) is 37.3 Å². The van der Waals surface area contributed by atoms with Crippen molar-refractivity contribution in [3.05, 3.63) is 14.5 Å². The van der Waals surface area contributed by atoms with Gasteiger partial charge in [0.05, 0.1) is 13.0 Å². The molecule has 0 aliphatic carbocycles. The first-order valence-electron chi connectivity index (χ1n) is 5.83. The zero-order valence-electron chi connectivity index (χ0n) is 10.5. The molecule has 0 atom stereocenters. The van der Waals surface area contributed by atoms with Crippen molar-refractivity contribution in [2.75, 3.05) is 6.61 Å². The number of H-pyrrole nitrogens is 1. The van der Waals surface area contributed by atoms with Gasteiger partial charge in [-0.25, -0.2) is 0 Å². The average Bonchev–Trinajstić information content (AvgIpc) is 2.52. The van der Waals surface area contributed by atoms with E-state index in [4.69, 9.17) is 17.0 Å². The molecule has 1 aromatic heterocycles. The maximum atomic E-state index is 11.6. The predicted molar refractivity (Wildman–Crippen MR) is 73.0 cm³/mol. The number of nitrogens with one attached hydrogen (secondary N) is 1. The van der Waals surface area contributed by atoms with E-state index >= 15 is 0 Å². The largest absolute Gasteiger partial charge is 0.465 e. The molecule has 0 aliphatic rings. The van der Waals surface area contributed by atoms with Gasteiger partial charge in [0.25, 0.3) is 0 Å². The van der Waals surface area contributed by atoms with Gasteiger partial charge >= 0.3 is 5.97 Å². The molecule has 0 unspecified atom stereocenters. The minimum absolute atomic E-state index is 0.165. The number of ether oxygens (including phenoxy) is 1. The van der Waals surface area contributed by atoms with Crippen molar-refractivity contribution in [1.82, 2.24) is 4.98 Å². The van der Waals surface area contributed by atoms with E-state index in [1.807, 2.05) is 6.92 Å². The molecule has 0 amide bonds. The zero-order valence-corrected chi connectivity index (χ0v) is 12.2. The van der Waals surface area contributed by atoms with E-state index in [1.165, 1.54) is 11.3 Å². The third-order valence-electron chi connectivity index (χ3n) is 2.42. The quantitative estimate of drug-likeness (QED) is 0.489. The lowest BCUT2D eigenvalue weighted by Crippen LogP contribution is -2.09. The molecule has 17 heavy (non-hydrogen) atoms. The first-order chi connectivity index (χ1) is 7.99. The second-order valence-corrected chi connectivity index (χ2v) is 6.27. The Morgan fingerprint density at radius 1 is 1.53 bits per heavy atom. The first-order valence-corrected chi connectivity index (χ1v) is 7.05. The molecule has 0 fully saturated rings. The van der Waals surface area contributed by atoms with E-state index in [9.17, 15) is 4.79 Å². The summed E-state index contributed by atoms with van der Waals surface area (Å²) in [4.78, 5) is 15.6. The van der Waals surface area contributed by atoms with Crippen LogP contribution in [0.4, 0.5) is 0 Å². The summed E-state index contributed by atoms with van der Waals surface area (Å²) in [6.45, 7) is 6.77. The Balaban J connectivity index is 2.30. The van der Waals surface area contributed by atoms with Gasteiger partial charge in [0.15, 0.2) is 3.95 Å². The number of esters is 1. The fourth-order valence-corrected chi connectivity index (χ4v) is 2.74.